The summed E-state index contributed by atoms with van der Waals surface area (Å²) < 4.78 is 7.47. The van der Waals surface area contributed by atoms with Gasteiger partial charge in [-0.2, -0.15) is 5.10 Å². The van der Waals surface area contributed by atoms with Crippen LogP contribution < -0.4 is 5.32 Å². The number of ether oxygens (including phenoxy) is 1. The van der Waals surface area contributed by atoms with Gasteiger partial charge in [-0.05, 0) is 46.5 Å². The molecule has 1 amide bonds. The van der Waals surface area contributed by atoms with Crippen LogP contribution in [-0.2, 0) is 11.3 Å². The van der Waals surface area contributed by atoms with E-state index in [4.69, 9.17) is 4.74 Å². The Hall–Kier alpha value is -1.63. The van der Waals surface area contributed by atoms with E-state index < -0.39 is 5.60 Å². The standard InChI is InChI=1S/C16H27N5O2/c1-16(2,3)23-15(22)20-8-4-6-12(10-20)19-13-7-5-9-21-14(13)17-11-18-21/h11-13,19H,4-10H2,1-3H3/t12-,13+/m1/s1. The number of nitrogens with one attached hydrogen (secondary N) is 1. The zero-order valence-corrected chi connectivity index (χ0v) is 14.3. The number of carbonyl (C=O) groups is 1. The Bertz CT molecular complexity index is 551. The number of rotatable bonds is 2. The van der Waals surface area contributed by atoms with Crippen molar-refractivity contribution < 1.29 is 9.53 Å². The predicted molar refractivity (Wildman–Crippen MR) is 86.0 cm³/mol. The van der Waals surface area contributed by atoms with E-state index in [1.807, 2.05) is 30.4 Å². The topological polar surface area (TPSA) is 72.3 Å². The Balaban J connectivity index is 1.59. The number of aromatic nitrogens is 3. The fourth-order valence-electron chi connectivity index (χ4n) is 3.34. The van der Waals surface area contributed by atoms with Gasteiger partial charge in [-0.25, -0.2) is 14.5 Å². The first kappa shape index (κ1) is 16.2. The average Bonchev–Trinajstić information content (AvgIpc) is 2.95. The minimum Gasteiger partial charge on any atom is -0.444 e. The van der Waals surface area contributed by atoms with Crippen LogP contribution in [0, 0.1) is 0 Å². The van der Waals surface area contributed by atoms with E-state index in [0.29, 0.717) is 6.54 Å². The maximum Gasteiger partial charge on any atom is 0.410 e. The second-order valence-electron chi connectivity index (χ2n) is 7.47. The van der Waals surface area contributed by atoms with Crippen LogP contribution in [0.5, 0.6) is 0 Å². The van der Waals surface area contributed by atoms with E-state index in [1.54, 1.807) is 6.33 Å². The van der Waals surface area contributed by atoms with E-state index in [9.17, 15) is 4.79 Å². The number of aryl methyl sites for hydroxylation is 1. The van der Waals surface area contributed by atoms with Crippen LogP contribution in [0.25, 0.3) is 0 Å². The smallest absolute Gasteiger partial charge is 0.410 e. The summed E-state index contributed by atoms with van der Waals surface area (Å²) in [5.41, 5.74) is -0.447. The minimum absolute atomic E-state index is 0.212. The monoisotopic (exact) mass is 321 g/mol. The van der Waals surface area contributed by atoms with Crippen molar-refractivity contribution >= 4 is 6.09 Å². The van der Waals surface area contributed by atoms with Crippen molar-refractivity contribution in [2.24, 2.45) is 0 Å². The van der Waals surface area contributed by atoms with E-state index >= 15 is 0 Å². The Labute approximate surface area is 137 Å². The van der Waals surface area contributed by atoms with Crippen LogP contribution in [-0.4, -0.2) is 50.5 Å². The quantitative estimate of drug-likeness (QED) is 0.903. The molecule has 128 valence electrons. The number of nitrogens with zero attached hydrogens (tertiary/aromatic N) is 4. The summed E-state index contributed by atoms with van der Waals surface area (Å²) in [7, 11) is 0. The van der Waals surface area contributed by atoms with Crippen LogP contribution in [0.4, 0.5) is 4.79 Å². The van der Waals surface area contributed by atoms with Crippen LogP contribution in [0.2, 0.25) is 0 Å². The van der Waals surface area contributed by atoms with Gasteiger partial charge >= 0.3 is 6.09 Å². The van der Waals surface area contributed by atoms with Gasteiger partial charge in [0.25, 0.3) is 0 Å². The highest BCUT2D eigenvalue weighted by atomic mass is 16.6. The number of likely N-dealkylation sites (tertiary alicyclic amines) is 1. The maximum absolute atomic E-state index is 12.3. The Morgan fingerprint density at radius 2 is 2.09 bits per heavy atom. The first-order valence-electron chi connectivity index (χ1n) is 8.54. The molecule has 23 heavy (non-hydrogen) atoms. The SMILES string of the molecule is CC(C)(C)OC(=O)N1CCC[C@@H](N[C@H]2CCCn3ncnc32)C1. The molecule has 0 spiro atoms. The summed E-state index contributed by atoms with van der Waals surface area (Å²) in [6.45, 7) is 8.12. The zero-order valence-electron chi connectivity index (χ0n) is 14.3. The molecular formula is C16H27N5O2. The van der Waals surface area contributed by atoms with Crippen molar-refractivity contribution in [2.45, 2.75) is 70.7 Å². The molecule has 0 aliphatic carbocycles. The molecule has 0 bridgehead atoms. The third-order valence-corrected chi connectivity index (χ3v) is 4.33. The molecule has 2 atom stereocenters. The molecule has 0 saturated carbocycles. The zero-order chi connectivity index (χ0) is 16.4. The summed E-state index contributed by atoms with van der Waals surface area (Å²) in [5.74, 6) is 1.02. The van der Waals surface area contributed by atoms with Crippen molar-refractivity contribution in [3.05, 3.63) is 12.2 Å². The molecule has 3 rings (SSSR count). The molecule has 1 fully saturated rings. The van der Waals surface area contributed by atoms with Gasteiger partial charge in [0.05, 0.1) is 6.04 Å². The second-order valence-corrected chi connectivity index (χ2v) is 7.47. The number of amides is 1. The molecule has 2 aliphatic heterocycles. The first-order chi connectivity index (χ1) is 10.9. The summed E-state index contributed by atoms with van der Waals surface area (Å²) >= 11 is 0. The van der Waals surface area contributed by atoms with Crippen molar-refractivity contribution in [3.63, 3.8) is 0 Å². The fourth-order valence-corrected chi connectivity index (χ4v) is 3.34. The van der Waals surface area contributed by atoms with Gasteiger partial charge in [-0.1, -0.05) is 0 Å². The molecule has 1 N–H and O–H groups in total. The number of piperidine rings is 1. The molecule has 0 unspecified atom stereocenters. The summed E-state index contributed by atoms with van der Waals surface area (Å²) in [5, 5.41) is 7.94. The lowest BCUT2D eigenvalue weighted by molar-refractivity contribution is 0.0181. The van der Waals surface area contributed by atoms with Crippen LogP contribution >= 0.6 is 0 Å². The maximum atomic E-state index is 12.3. The Kier molecular flexibility index (Phi) is 4.57. The van der Waals surface area contributed by atoms with Crippen molar-refractivity contribution in [1.82, 2.24) is 25.0 Å². The normalized spacial score (nSPS) is 25.1. The minimum atomic E-state index is -0.447. The molecule has 3 heterocycles. The molecule has 0 aromatic carbocycles. The van der Waals surface area contributed by atoms with Gasteiger partial charge < -0.3 is 15.0 Å². The fraction of sp³-hybridized carbons (Fsp3) is 0.812. The molecule has 1 aromatic heterocycles. The summed E-state index contributed by atoms with van der Waals surface area (Å²) in [4.78, 5) is 18.5. The highest BCUT2D eigenvalue weighted by Crippen LogP contribution is 2.24. The van der Waals surface area contributed by atoms with E-state index in [1.165, 1.54) is 0 Å². The van der Waals surface area contributed by atoms with Crippen LogP contribution in [0.1, 0.15) is 58.3 Å². The van der Waals surface area contributed by atoms with Gasteiger partial charge in [0.15, 0.2) is 0 Å². The molecule has 0 radical (unpaired) electrons. The van der Waals surface area contributed by atoms with Gasteiger partial charge in [-0.3, -0.25) is 0 Å². The average molecular weight is 321 g/mol. The summed E-state index contributed by atoms with van der Waals surface area (Å²) in [6.07, 6.45) is 5.66. The van der Waals surface area contributed by atoms with E-state index in [2.05, 4.69) is 15.4 Å². The van der Waals surface area contributed by atoms with Crippen LogP contribution in [0.15, 0.2) is 6.33 Å². The number of hydrogen-bond acceptors (Lipinski definition) is 5. The van der Waals surface area contributed by atoms with E-state index in [0.717, 1.165) is 44.6 Å². The van der Waals surface area contributed by atoms with Gasteiger partial charge in [0.1, 0.15) is 17.8 Å². The molecule has 1 aromatic rings. The highest BCUT2D eigenvalue weighted by molar-refractivity contribution is 5.68. The van der Waals surface area contributed by atoms with Crippen LogP contribution in [0.3, 0.4) is 0 Å². The molecular weight excluding hydrogens is 294 g/mol. The Morgan fingerprint density at radius 1 is 1.30 bits per heavy atom. The van der Waals surface area contributed by atoms with Crippen molar-refractivity contribution in [3.8, 4) is 0 Å². The van der Waals surface area contributed by atoms with Crippen molar-refractivity contribution in [2.75, 3.05) is 13.1 Å². The second kappa shape index (κ2) is 6.47. The lowest BCUT2D eigenvalue weighted by Gasteiger charge is -2.36. The van der Waals surface area contributed by atoms with Gasteiger partial charge in [0, 0.05) is 25.7 Å². The first-order valence-corrected chi connectivity index (χ1v) is 8.54. The number of hydrogen-bond donors (Lipinski definition) is 1. The third-order valence-electron chi connectivity index (χ3n) is 4.33. The van der Waals surface area contributed by atoms with E-state index in [-0.39, 0.29) is 18.2 Å². The summed E-state index contributed by atoms with van der Waals surface area (Å²) in [6, 6.07) is 0.513. The lowest BCUT2D eigenvalue weighted by atomic mass is 10.0. The lowest BCUT2D eigenvalue weighted by Crippen LogP contribution is -2.50. The van der Waals surface area contributed by atoms with Gasteiger partial charge in [0.2, 0.25) is 0 Å². The molecule has 2 aliphatic rings. The molecule has 7 nitrogen and oxygen atoms in total. The van der Waals surface area contributed by atoms with Gasteiger partial charge in [-0.15, -0.1) is 0 Å². The predicted octanol–water partition coefficient (Wildman–Crippen LogP) is 2.10. The number of fused-ring (bicyclic) bond motifs is 1. The molecule has 7 heteroatoms. The number of carbonyl (C=O) groups excluding carboxylic acids is 1. The largest absolute Gasteiger partial charge is 0.444 e. The third kappa shape index (κ3) is 4.02. The Morgan fingerprint density at radius 3 is 2.87 bits per heavy atom. The highest BCUT2D eigenvalue weighted by Gasteiger charge is 2.30. The van der Waals surface area contributed by atoms with Crippen molar-refractivity contribution in [1.29, 1.82) is 0 Å². The molecule has 1 saturated heterocycles.